The Morgan fingerprint density at radius 2 is 1.52 bits per heavy atom. The highest BCUT2D eigenvalue weighted by molar-refractivity contribution is 7.47. The van der Waals surface area contributed by atoms with Crippen molar-refractivity contribution in [2.24, 2.45) is 0 Å². The molecule has 0 aliphatic heterocycles. The maximum absolute atomic E-state index is 11.9. The number of carbonyl (C=O) groups is 2. The van der Waals surface area contributed by atoms with E-state index in [1.54, 1.807) is 27.7 Å². The molecule has 3 unspecified atom stereocenters. The third-order valence-electron chi connectivity index (χ3n) is 2.92. The van der Waals surface area contributed by atoms with Gasteiger partial charge in [-0.3, -0.25) is 18.6 Å². The van der Waals surface area contributed by atoms with Gasteiger partial charge in [0.2, 0.25) is 0 Å². The molecule has 0 fully saturated rings. The van der Waals surface area contributed by atoms with Crippen LogP contribution in [-0.4, -0.2) is 42.3 Å². The van der Waals surface area contributed by atoms with E-state index in [1.807, 2.05) is 0 Å². The Kier molecular flexibility index (Phi) is 11.1. The number of hydrogen-bond acceptors (Lipinski definition) is 7. The van der Waals surface area contributed by atoms with Crippen LogP contribution in [0.2, 0.25) is 0 Å². The van der Waals surface area contributed by atoms with Gasteiger partial charge in [-0.25, -0.2) is 4.57 Å². The van der Waals surface area contributed by atoms with E-state index in [9.17, 15) is 19.0 Å². The Labute approximate surface area is 137 Å². The number of phosphoric ester groups is 1. The fourth-order valence-corrected chi connectivity index (χ4v) is 2.41. The van der Waals surface area contributed by atoms with Gasteiger partial charge in [0.25, 0.3) is 0 Å². The first-order valence-electron chi connectivity index (χ1n) is 7.78. The average Bonchev–Trinajstić information content (AvgIpc) is 2.54. The predicted molar refractivity (Wildman–Crippen MR) is 82.7 cm³/mol. The molecular formula is C14H27O8P. The highest BCUT2D eigenvalue weighted by Gasteiger charge is 2.28. The molecule has 0 aliphatic carbocycles. The van der Waals surface area contributed by atoms with Crippen LogP contribution < -0.4 is 0 Å². The molecule has 0 rings (SSSR count). The van der Waals surface area contributed by atoms with E-state index < -0.39 is 32.0 Å². The van der Waals surface area contributed by atoms with Crippen molar-refractivity contribution >= 4 is 19.8 Å². The van der Waals surface area contributed by atoms with Gasteiger partial charge in [0.05, 0.1) is 6.61 Å². The topological polar surface area (TPSA) is 108 Å². The van der Waals surface area contributed by atoms with E-state index in [1.165, 1.54) is 0 Å². The molecular weight excluding hydrogens is 327 g/mol. The standard InChI is InChI=1S/C14H27O8P/c1-5-11(21-14(16)8-4)10-20-23(17,18)22-12(6-2)9-19-13(15)7-3/h11-12H,5-10H2,1-4H3,(H,17,18). The second-order valence-corrected chi connectivity index (χ2v) is 6.22. The number of hydrogen-bond donors (Lipinski definition) is 1. The predicted octanol–water partition coefficient (Wildman–Crippen LogP) is 2.58. The molecule has 1 N–H and O–H groups in total. The first-order valence-corrected chi connectivity index (χ1v) is 9.28. The van der Waals surface area contributed by atoms with Crippen molar-refractivity contribution in [2.75, 3.05) is 13.2 Å². The van der Waals surface area contributed by atoms with Gasteiger partial charge in [0, 0.05) is 12.8 Å². The van der Waals surface area contributed by atoms with Gasteiger partial charge in [-0.2, -0.15) is 0 Å². The van der Waals surface area contributed by atoms with Crippen LogP contribution in [0, 0.1) is 0 Å². The summed E-state index contributed by atoms with van der Waals surface area (Å²) in [5.41, 5.74) is 0. The number of carbonyl (C=O) groups excluding carboxylic acids is 2. The molecule has 23 heavy (non-hydrogen) atoms. The highest BCUT2D eigenvalue weighted by Crippen LogP contribution is 2.45. The second-order valence-electron chi connectivity index (χ2n) is 4.81. The van der Waals surface area contributed by atoms with Crippen molar-refractivity contribution in [3.05, 3.63) is 0 Å². The van der Waals surface area contributed by atoms with E-state index in [0.717, 1.165) is 0 Å². The minimum absolute atomic E-state index is 0.126. The van der Waals surface area contributed by atoms with Crippen molar-refractivity contribution < 1.29 is 37.6 Å². The molecule has 3 atom stereocenters. The largest absolute Gasteiger partial charge is 0.472 e. The number of ether oxygens (including phenoxy) is 2. The minimum atomic E-state index is -4.34. The van der Waals surface area contributed by atoms with Crippen LogP contribution in [0.4, 0.5) is 0 Å². The Bertz CT molecular complexity index is 412. The third kappa shape index (κ3) is 10.4. The maximum Gasteiger partial charge on any atom is 0.472 e. The fourth-order valence-electron chi connectivity index (χ4n) is 1.41. The van der Waals surface area contributed by atoms with Gasteiger partial charge in [0.1, 0.15) is 18.8 Å². The number of esters is 2. The number of phosphoric acid groups is 1. The van der Waals surface area contributed by atoms with Crippen LogP contribution in [0.15, 0.2) is 0 Å². The summed E-state index contributed by atoms with van der Waals surface area (Å²) in [5.74, 6) is -0.828. The van der Waals surface area contributed by atoms with Crippen molar-refractivity contribution in [1.29, 1.82) is 0 Å². The van der Waals surface area contributed by atoms with E-state index in [2.05, 4.69) is 0 Å². The zero-order chi connectivity index (χ0) is 17.9. The van der Waals surface area contributed by atoms with Crippen LogP contribution in [0.5, 0.6) is 0 Å². The SMILES string of the molecule is CCC(=O)OCC(CC)OP(=O)(O)OCC(CC)OC(=O)CC. The Hall–Kier alpha value is -0.950. The molecule has 0 aromatic heterocycles. The van der Waals surface area contributed by atoms with Crippen molar-refractivity contribution in [1.82, 2.24) is 0 Å². The van der Waals surface area contributed by atoms with Crippen molar-refractivity contribution in [2.45, 2.75) is 65.6 Å². The summed E-state index contributed by atoms with van der Waals surface area (Å²) in [6.45, 7) is 6.41. The molecule has 0 bridgehead atoms. The second kappa shape index (κ2) is 11.6. The number of rotatable bonds is 12. The average molecular weight is 354 g/mol. The van der Waals surface area contributed by atoms with Gasteiger partial charge in [-0.15, -0.1) is 0 Å². The lowest BCUT2D eigenvalue weighted by Crippen LogP contribution is -2.24. The summed E-state index contributed by atoms with van der Waals surface area (Å²) in [6.07, 6.45) is -0.136. The quantitative estimate of drug-likeness (QED) is 0.421. The smallest absolute Gasteiger partial charge is 0.463 e. The van der Waals surface area contributed by atoms with Gasteiger partial charge in [-0.05, 0) is 12.8 Å². The Balaban J connectivity index is 4.40. The van der Waals surface area contributed by atoms with E-state index in [0.29, 0.717) is 12.8 Å². The van der Waals surface area contributed by atoms with Crippen LogP contribution in [-0.2, 0) is 32.7 Å². The molecule has 0 aliphatic rings. The molecule has 136 valence electrons. The molecule has 0 aromatic carbocycles. The first-order chi connectivity index (χ1) is 10.8. The van der Waals surface area contributed by atoms with Crippen molar-refractivity contribution in [3.8, 4) is 0 Å². The fraction of sp³-hybridized carbons (Fsp3) is 0.857. The molecule has 0 heterocycles. The van der Waals surface area contributed by atoms with Gasteiger partial charge < -0.3 is 14.4 Å². The molecule has 0 radical (unpaired) electrons. The lowest BCUT2D eigenvalue weighted by Gasteiger charge is -2.21. The first kappa shape index (κ1) is 22.1. The molecule has 0 saturated carbocycles. The van der Waals surface area contributed by atoms with E-state index in [4.69, 9.17) is 18.5 Å². The summed E-state index contributed by atoms with van der Waals surface area (Å²) in [6, 6.07) is 0. The minimum Gasteiger partial charge on any atom is -0.463 e. The normalized spacial score (nSPS) is 16.2. The summed E-state index contributed by atoms with van der Waals surface area (Å²) >= 11 is 0. The van der Waals surface area contributed by atoms with Crippen LogP contribution in [0.1, 0.15) is 53.4 Å². The lowest BCUT2D eigenvalue weighted by molar-refractivity contribution is -0.150. The summed E-state index contributed by atoms with van der Waals surface area (Å²) in [5, 5.41) is 0. The van der Waals surface area contributed by atoms with Crippen molar-refractivity contribution in [3.63, 3.8) is 0 Å². The highest BCUT2D eigenvalue weighted by atomic mass is 31.2. The molecule has 0 aromatic rings. The maximum atomic E-state index is 11.9. The molecule has 8 nitrogen and oxygen atoms in total. The summed E-state index contributed by atoms with van der Waals surface area (Å²) in [7, 11) is -4.34. The van der Waals surface area contributed by atoms with Gasteiger partial charge >= 0.3 is 19.8 Å². The Morgan fingerprint density at radius 3 is 2.00 bits per heavy atom. The van der Waals surface area contributed by atoms with E-state index in [-0.39, 0.29) is 26.1 Å². The summed E-state index contributed by atoms with van der Waals surface area (Å²) < 4.78 is 31.7. The van der Waals surface area contributed by atoms with E-state index >= 15 is 0 Å². The summed E-state index contributed by atoms with van der Waals surface area (Å²) in [4.78, 5) is 32.0. The van der Waals surface area contributed by atoms with Crippen LogP contribution in [0.25, 0.3) is 0 Å². The van der Waals surface area contributed by atoms with Gasteiger partial charge in [0.15, 0.2) is 0 Å². The monoisotopic (exact) mass is 354 g/mol. The molecule has 0 spiro atoms. The van der Waals surface area contributed by atoms with Crippen LogP contribution in [0.3, 0.4) is 0 Å². The lowest BCUT2D eigenvalue weighted by atomic mass is 10.3. The molecule has 0 amide bonds. The molecule has 0 saturated heterocycles. The molecule has 9 heteroatoms. The zero-order valence-electron chi connectivity index (χ0n) is 14.1. The van der Waals surface area contributed by atoms with Crippen LogP contribution >= 0.6 is 7.82 Å². The zero-order valence-corrected chi connectivity index (χ0v) is 15.0. The Morgan fingerprint density at radius 1 is 0.957 bits per heavy atom. The van der Waals surface area contributed by atoms with Gasteiger partial charge in [-0.1, -0.05) is 27.7 Å². The third-order valence-corrected chi connectivity index (χ3v) is 3.96.